The molecule has 2 fully saturated rings. The van der Waals surface area contributed by atoms with Gasteiger partial charge in [0.05, 0.1) is 12.7 Å². The Morgan fingerprint density at radius 2 is 2.20 bits per heavy atom. The zero-order valence-corrected chi connectivity index (χ0v) is 12.1. The molecule has 2 heteroatoms. The quantitative estimate of drug-likeness (QED) is 0.911. The Hall–Kier alpha value is -1.02. The minimum absolute atomic E-state index is 0.0881. The summed E-state index contributed by atoms with van der Waals surface area (Å²) in [6, 6.07) is 6.54. The van der Waals surface area contributed by atoms with E-state index in [-0.39, 0.29) is 6.10 Å². The zero-order chi connectivity index (χ0) is 13.5. The highest BCUT2D eigenvalue weighted by Crippen LogP contribution is 2.50. The SMILES string of the molecule is OC(CCc1ccc2c(c1)CCO2)C1CC2CCC1C2. The van der Waals surface area contributed by atoms with E-state index in [2.05, 4.69) is 18.2 Å². The monoisotopic (exact) mass is 272 g/mol. The van der Waals surface area contributed by atoms with Crippen LogP contribution in [0.5, 0.6) is 5.75 Å². The van der Waals surface area contributed by atoms with E-state index in [0.717, 1.165) is 43.5 Å². The Bertz CT molecular complexity index is 496. The summed E-state index contributed by atoms with van der Waals surface area (Å²) in [4.78, 5) is 0. The lowest BCUT2D eigenvalue weighted by Gasteiger charge is -2.26. The van der Waals surface area contributed by atoms with E-state index < -0.39 is 0 Å². The molecule has 2 aliphatic carbocycles. The van der Waals surface area contributed by atoms with Crippen molar-refractivity contribution < 1.29 is 9.84 Å². The number of hydrogen-bond donors (Lipinski definition) is 1. The van der Waals surface area contributed by atoms with Crippen LogP contribution in [-0.4, -0.2) is 17.8 Å². The lowest BCUT2D eigenvalue weighted by molar-refractivity contribution is 0.0678. The van der Waals surface area contributed by atoms with Gasteiger partial charge in [-0.15, -0.1) is 0 Å². The molecule has 2 saturated carbocycles. The Morgan fingerprint density at radius 3 is 3.00 bits per heavy atom. The molecular formula is C18H24O2. The van der Waals surface area contributed by atoms with Crippen LogP contribution in [0.15, 0.2) is 18.2 Å². The van der Waals surface area contributed by atoms with E-state index in [1.807, 2.05) is 0 Å². The number of aryl methyl sites for hydroxylation is 1. The van der Waals surface area contributed by atoms with Crippen molar-refractivity contribution in [3.63, 3.8) is 0 Å². The molecule has 1 N–H and O–H groups in total. The van der Waals surface area contributed by atoms with Gasteiger partial charge in [-0.25, -0.2) is 0 Å². The fourth-order valence-electron chi connectivity index (χ4n) is 4.69. The molecule has 3 aliphatic rings. The summed E-state index contributed by atoms with van der Waals surface area (Å²) >= 11 is 0. The Labute approximate surface area is 121 Å². The van der Waals surface area contributed by atoms with E-state index in [1.54, 1.807) is 0 Å². The third kappa shape index (κ3) is 2.24. The van der Waals surface area contributed by atoms with Gasteiger partial charge < -0.3 is 9.84 Å². The normalized spacial score (nSPS) is 32.1. The number of aliphatic hydroxyl groups is 1. The van der Waals surface area contributed by atoms with Gasteiger partial charge in [-0.3, -0.25) is 0 Å². The third-order valence-electron chi connectivity index (χ3n) is 5.77. The van der Waals surface area contributed by atoms with Crippen LogP contribution < -0.4 is 4.74 Å². The van der Waals surface area contributed by atoms with Crippen LogP contribution in [0.1, 0.15) is 43.2 Å². The summed E-state index contributed by atoms with van der Waals surface area (Å²) in [6.45, 7) is 0.826. The highest BCUT2D eigenvalue weighted by molar-refractivity contribution is 5.39. The fraction of sp³-hybridized carbons (Fsp3) is 0.667. The van der Waals surface area contributed by atoms with Crippen molar-refractivity contribution in [2.45, 2.75) is 51.0 Å². The van der Waals surface area contributed by atoms with Crippen molar-refractivity contribution in [3.05, 3.63) is 29.3 Å². The van der Waals surface area contributed by atoms with Crippen molar-refractivity contribution in [2.75, 3.05) is 6.61 Å². The average molecular weight is 272 g/mol. The molecule has 1 aromatic rings. The van der Waals surface area contributed by atoms with Crippen LogP contribution in [0.4, 0.5) is 0 Å². The third-order valence-corrected chi connectivity index (χ3v) is 5.77. The van der Waals surface area contributed by atoms with Crippen LogP contribution in [0.3, 0.4) is 0 Å². The minimum Gasteiger partial charge on any atom is -0.493 e. The fourth-order valence-corrected chi connectivity index (χ4v) is 4.69. The van der Waals surface area contributed by atoms with Gasteiger partial charge in [0.1, 0.15) is 5.75 Å². The highest BCUT2D eigenvalue weighted by Gasteiger charge is 2.42. The molecule has 0 saturated heterocycles. The molecule has 2 nitrogen and oxygen atoms in total. The first-order chi connectivity index (χ1) is 9.79. The molecular weight excluding hydrogens is 248 g/mol. The van der Waals surface area contributed by atoms with Crippen molar-refractivity contribution in [2.24, 2.45) is 17.8 Å². The summed E-state index contributed by atoms with van der Waals surface area (Å²) < 4.78 is 5.54. The predicted octanol–water partition coefficient (Wildman–Crippen LogP) is 3.35. The number of aliphatic hydroxyl groups excluding tert-OH is 1. The lowest BCUT2D eigenvalue weighted by atomic mass is 9.82. The molecule has 1 heterocycles. The maximum Gasteiger partial charge on any atom is 0.122 e. The topological polar surface area (TPSA) is 29.5 Å². The van der Waals surface area contributed by atoms with Crippen LogP contribution >= 0.6 is 0 Å². The van der Waals surface area contributed by atoms with Crippen molar-refractivity contribution in [3.8, 4) is 5.75 Å². The van der Waals surface area contributed by atoms with Crippen LogP contribution in [0.25, 0.3) is 0 Å². The molecule has 0 radical (unpaired) electrons. The summed E-state index contributed by atoms with van der Waals surface area (Å²) in [7, 11) is 0. The molecule has 1 aliphatic heterocycles. The van der Waals surface area contributed by atoms with E-state index in [4.69, 9.17) is 4.74 Å². The number of hydrogen-bond acceptors (Lipinski definition) is 2. The van der Waals surface area contributed by atoms with Crippen LogP contribution in [-0.2, 0) is 12.8 Å². The second-order valence-electron chi connectivity index (χ2n) is 6.99. The zero-order valence-electron chi connectivity index (χ0n) is 12.1. The molecule has 4 atom stereocenters. The van der Waals surface area contributed by atoms with Gasteiger partial charge in [-0.05, 0) is 67.1 Å². The standard InChI is InChI=1S/C18H24O2/c19-17(16-11-13-1-4-14(16)10-13)5-2-12-3-6-18-15(9-12)7-8-20-18/h3,6,9,13-14,16-17,19H,1-2,4-5,7-8,10-11H2. The summed E-state index contributed by atoms with van der Waals surface area (Å²) in [5.74, 6) is 3.40. The molecule has 0 aromatic heterocycles. The molecule has 1 aromatic carbocycles. The molecule has 20 heavy (non-hydrogen) atoms. The van der Waals surface area contributed by atoms with Gasteiger partial charge in [0.25, 0.3) is 0 Å². The number of benzene rings is 1. The number of ether oxygens (including phenoxy) is 1. The molecule has 4 unspecified atom stereocenters. The van der Waals surface area contributed by atoms with E-state index in [1.165, 1.54) is 36.8 Å². The van der Waals surface area contributed by atoms with Gasteiger partial charge in [0.2, 0.25) is 0 Å². The molecule has 2 bridgehead atoms. The highest BCUT2D eigenvalue weighted by atomic mass is 16.5. The number of rotatable bonds is 4. The van der Waals surface area contributed by atoms with Gasteiger partial charge in [0, 0.05) is 6.42 Å². The second-order valence-corrected chi connectivity index (χ2v) is 6.99. The second kappa shape index (κ2) is 5.07. The maximum atomic E-state index is 10.5. The van der Waals surface area contributed by atoms with Gasteiger partial charge in [-0.1, -0.05) is 18.6 Å². The van der Waals surface area contributed by atoms with Crippen molar-refractivity contribution in [1.29, 1.82) is 0 Å². The largest absolute Gasteiger partial charge is 0.493 e. The first-order valence-corrected chi connectivity index (χ1v) is 8.22. The number of fused-ring (bicyclic) bond motifs is 3. The molecule has 0 spiro atoms. The van der Waals surface area contributed by atoms with Gasteiger partial charge >= 0.3 is 0 Å². The molecule has 0 amide bonds. The first-order valence-electron chi connectivity index (χ1n) is 8.22. The smallest absolute Gasteiger partial charge is 0.122 e. The van der Waals surface area contributed by atoms with Gasteiger partial charge in [0.15, 0.2) is 0 Å². The Morgan fingerprint density at radius 1 is 1.25 bits per heavy atom. The average Bonchev–Trinajstić information content (AvgIpc) is 3.19. The molecule has 4 rings (SSSR count). The van der Waals surface area contributed by atoms with Crippen molar-refractivity contribution in [1.82, 2.24) is 0 Å². The summed E-state index contributed by atoms with van der Waals surface area (Å²) in [5, 5.41) is 10.5. The predicted molar refractivity (Wildman–Crippen MR) is 78.9 cm³/mol. The van der Waals surface area contributed by atoms with E-state index in [9.17, 15) is 5.11 Å². The summed E-state index contributed by atoms with van der Waals surface area (Å²) in [6.07, 6.45) is 8.33. The first kappa shape index (κ1) is 12.7. The van der Waals surface area contributed by atoms with Gasteiger partial charge in [-0.2, -0.15) is 0 Å². The summed E-state index contributed by atoms with van der Waals surface area (Å²) in [5.41, 5.74) is 2.70. The molecule has 108 valence electrons. The van der Waals surface area contributed by atoms with Crippen LogP contribution in [0.2, 0.25) is 0 Å². The van der Waals surface area contributed by atoms with Crippen molar-refractivity contribution >= 4 is 0 Å². The van der Waals surface area contributed by atoms with Crippen LogP contribution in [0, 0.1) is 17.8 Å². The Kier molecular flexibility index (Phi) is 3.22. The Balaban J connectivity index is 1.36. The maximum absolute atomic E-state index is 10.5. The van der Waals surface area contributed by atoms with E-state index >= 15 is 0 Å². The van der Waals surface area contributed by atoms with E-state index in [0.29, 0.717) is 5.92 Å². The minimum atomic E-state index is -0.0881. The lowest BCUT2D eigenvalue weighted by Crippen LogP contribution is -2.26.